The second-order valence-electron chi connectivity index (χ2n) is 7.42. The van der Waals surface area contributed by atoms with Gasteiger partial charge in [0.1, 0.15) is 0 Å². The van der Waals surface area contributed by atoms with Crippen molar-refractivity contribution in [3.8, 4) is 0 Å². The van der Waals surface area contributed by atoms with Crippen LogP contribution in [0.15, 0.2) is 60.7 Å². The molecular formula is C23H31N3O2. The summed E-state index contributed by atoms with van der Waals surface area (Å²) in [7, 11) is 0. The van der Waals surface area contributed by atoms with Crippen molar-refractivity contribution >= 4 is 6.03 Å². The number of hydrogen-bond acceptors (Lipinski definition) is 3. The first kappa shape index (κ1) is 20.4. The number of ether oxygens (including phenoxy) is 1. The zero-order valence-corrected chi connectivity index (χ0v) is 16.6. The lowest BCUT2D eigenvalue weighted by molar-refractivity contribution is 0.0339. The fourth-order valence-electron chi connectivity index (χ4n) is 3.49. The van der Waals surface area contributed by atoms with E-state index >= 15 is 0 Å². The Hall–Kier alpha value is -2.37. The average Bonchev–Trinajstić information content (AvgIpc) is 2.74. The van der Waals surface area contributed by atoms with E-state index in [1.165, 1.54) is 5.56 Å². The second-order valence-corrected chi connectivity index (χ2v) is 7.42. The van der Waals surface area contributed by atoms with Crippen LogP contribution in [-0.2, 0) is 11.2 Å². The number of amides is 2. The molecule has 1 aliphatic rings. The molecule has 2 aromatic rings. The average molecular weight is 382 g/mol. The molecule has 0 spiro atoms. The molecule has 2 aromatic carbocycles. The maximum Gasteiger partial charge on any atom is 0.315 e. The molecule has 0 saturated carbocycles. The van der Waals surface area contributed by atoms with E-state index in [2.05, 4.69) is 58.9 Å². The van der Waals surface area contributed by atoms with Gasteiger partial charge in [-0.05, 0) is 30.9 Å². The molecule has 1 fully saturated rings. The summed E-state index contributed by atoms with van der Waals surface area (Å²) in [6.07, 6.45) is 1.87. The van der Waals surface area contributed by atoms with Crippen LogP contribution in [0.3, 0.4) is 0 Å². The molecule has 2 N–H and O–H groups in total. The molecule has 0 aliphatic carbocycles. The van der Waals surface area contributed by atoms with Gasteiger partial charge in [0.05, 0.1) is 19.3 Å². The van der Waals surface area contributed by atoms with Crippen molar-refractivity contribution in [2.75, 3.05) is 32.8 Å². The van der Waals surface area contributed by atoms with Gasteiger partial charge in [-0.3, -0.25) is 4.90 Å². The summed E-state index contributed by atoms with van der Waals surface area (Å²) in [5.74, 6) is 0. The van der Waals surface area contributed by atoms with Gasteiger partial charge >= 0.3 is 6.03 Å². The molecule has 3 rings (SSSR count). The van der Waals surface area contributed by atoms with Crippen molar-refractivity contribution in [2.24, 2.45) is 0 Å². The minimum atomic E-state index is -0.109. The maximum absolute atomic E-state index is 12.6. The van der Waals surface area contributed by atoms with Crippen LogP contribution in [-0.4, -0.2) is 49.8 Å². The summed E-state index contributed by atoms with van der Waals surface area (Å²) in [5, 5.41) is 6.27. The van der Waals surface area contributed by atoms with Crippen LogP contribution in [0.25, 0.3) is 0 Å². The summed E-state index contributed by atoms with van der Waals surface area (Å²) < 4.78 is 5.44. The molecule has 1 aliphatic heterocycles. The molecule has 1 heterocycles. The zero-order valence-electron chi connectivity index (χ0n) is 16.6. The third kappa shape index (κ3) is 6.66. The first-order valence-corrected chi connectivity index (χ1v) is 10.2. The van der Waals surface area contributed by atoms with Gasteiger partial charge in [0.25, 0.3) is 0 Å². The highest BCUT2D eigenvalue weighted by Crippen LogP contribution is 2.15. The third-order valence-corrected chi connectivity index (χ3v) is 5.14. The predicted molar refractivity (Wildman–Crippen MR) is 112 cm³/mol. The SMILES string of the molecule is C[C@H](CCc1ccccc1)NC(=O)N[C@@H](CN1CCOCC1)c1ccccc1. The van der Waals surface area contributed by atoms with Gasteiger partial charge in [0, 0.05) is 25.7 Å². The van der Waals surface area contributed by atoms with Crippen LogP contribution in [0.4, 0.5) is 4.79 Å². The van der Waals surface area contributed by atoms with Crippen molar-refractivity contribution < 1.29 is 9.53 Å². The van der Waals surface area contributed by atoms with Crippen LogP contribution < -0.4 is 10.6 Å². The number of rotatable bonds is 8. The highest BCUT2D eigenvalue weighted by Gasteiger charge is 2.20. The Balaban J connectivity index is 1.52. The van der Waals surface area contributed by atoms with Gasteiger partial charge in [-0.2, -0.15) is 0 Å². The van der Waals surface area contributed by atoms with Crippen molar-refractivity contribution in [1.29, 1.82) is 0 Å². The number of urea groups is 1. The largest absolute Gasteiger partial charge is 0.379 e. The van der Waals surface area contributed by atoms with Crippen molar-refractivity contribution in [3.05, 3.63) is 71.8 Å². The van der Waals surface area contributed by atoms with Gasteiger partial charge < -0.3 is 15.4 Å². The van der Waals surface area contributed by atoms with E-state index in [4.69, 9.17) is 4.74 Å². The molecule has 0 aromatic heterocycles. The zero-order chi connectivity index (χ0) is 19.6. The van der Waals surface area contributed by atoms with E-state index in [0.717, 1.165) is 51.3 Å². The molecule has 5 nitrogen and oxygen atoms in total. The molecule has 2 atom stereocenters. The molecule has 0 unspecified atom stereocenters. The monoisotopic (exact) mass is 381 g/mol. The summed E-state index contributed by atoms with van der Waals surface area (Å²) >= 11 is 0. The Labute approximate surface area is 168 Å². The molecule has 5 heteroatoms. The number of morpholine rings is 1. The fourth-order valence-corrected chi connectivity index (χ4v) is 3.49. The van der Waals surface area contributed by atoms with E-state index in [1.807, 2.05) is 24.3 Å². The standard InChI is InChI=1S/C23H31N3O2/c1-19(12-13-20-8-4-2-5-9-20)24-23(27)25-22(21-10-6-3-7-11-21)18-26-14-16-28-17-15-26/h2-11,19,22H,12-18H2,1H3,(H2,24,25,27)/t19-,22+/m1/s1. The molecule has 1 saturated heterocycles. The topological polar surface area (TPSA) is 53.6 Å². The molecule has 0 radical (unpaired) electrons. The number of carbonyl (C=O) groups is 1. The molecule has 28 heavy (non-hydrogen) atoms. The summed E-state index contributed by atoms with van der Waals surface area (Å²) in [4.78, 5) is 15.0. The number of nitrogens with zero attached hydrogens (tertiary/aromatic N) is 1. The molecule has 2 amide bonds. The number of hydrogen-bond donors (Lipinski definition) is 2. The van der Waals surface area contributed by atoms with Crippen molar-refractivity contribution in [3.63, 3.8) is 0 Å². The van der Waals surface area contributed by atoms with Crippen molar-refractivity contribution in [1.82, 2.24) is 15.5 Å². The third-order valence-electron chi connectivity index (χ3n) is 5.14. The lowest BCUT2D eigenvalue weighted by Gasteiger charge is -2.31. The van der Waals surface area contributed by atoms with Crippen LogP contribution in [0.5, 0.6) is 0 Å². The van der Waals surface area contributed by atoms with E-state index in [9.17, 15) is 4.79 Å². The van der Waals surface area contributed by atoms with E-state index in [-0.39, 0.29) is 18.1 Å². The number of benzene rings is 2. The number of aryl methyl sites for hydroxylation is 1. The van der Waals surface area contributed by atoms with Crippen LogP contribution in [0, 0.1) is 0 Å². The summed E-state index contributed by atoms with van der Waals surface area (Å²) in [5.41, 5.74) is 2.42. The molecule has 0 bridgehead atoms. The first-order valence-electron chi connectivity index (χ1n) is 10.2. The van der Waals surface area contributed by atoms with Crippen LogP contribution >= 0.6 is 0 Å². The summed E-state index contributed by atoms with van der Waals surface area (Å²) in [6.45, 7) is 6.16. The quantitative estimate of drug-likeness (QED) is 0.737. The smallest absolute Gasteiger partial charge is 0.315 e. The predicted octanol–water partition coefficient (Wildman–Crippen LogP) is 3.38. The lowest BCUT2D eigenvalue weighted by atomic mass is 10.1. The first-order chi connectivity index (χ1) is 13.7. The highest BCUT2D eigenvalue weighted by molar-refractivity contribution is 5.74. The van der Waals surface area contributed by atoms with Crippen LogP contribution in [0.1, 0.15) is 30.5 Å². The molecular weight excluding hydrogens is 350 g/mol. The highest BCUT2D eigenvalue weighted by atomic mass is 16.5. The van der Waals surface area contributed by atoms with Crippen molar-refractivity contribution in [2.45, 2.75) is 31.8 Å². The summed E-state index contributed by atoms with van der Waals surface area (Å²) in [6, 6.07) is 20.5. The van der Waals surface area contributed by atoms with E-state index in [0.29, 0.717) is 0 Å². The number of carbonyl (C=O) groups excluding carboxylic acids is 1. The van der Waals surface area contributed by atoms with Gasteiger partial charge in [-0.15, -0.1) is 0 Å². The fraction of sp³-hybridized carbons (Fsp3) is 0.435. The maximum atomic E-state index is 12.6. The molecule has 150 valence electrons. The van der Waals surface area contributed by atoms with Gasteiger partial charge in [0.15, 0.2) is 0 Å². The normalized spacial score (nSPS) is 16.9. The van der Waals surface area contributed by atoms with Gasteiger partial charge in [-0.1, -0.05) is 60.7 Å². The Morgan fingerprint density at radius 2 is 1.64 bits per heavy atom. The lowest BCUT2D eigenvalue weighted by Crippen LogP contribution is -2.47. The number of nitrogens with one attached hydrogen (secondary N) is 2. The Morgan fingerprint density at radius 1 is 1.00 bits per heavy atom. The second kappa shape index (κ2) is 10.8. The van der Waals surface area contributed by atoms with Gasteiger partial charge in [-0.25, -0.2) is 4.79 Å². The van der Waals surface area contributed by atoms with E-state index < -0.39 is 0 Å². The van der Waals surface area contributed by atoms with Crippen LogP contribution in [0.2, 0.25) is 0 Å². The minimum absolute atomic E-state index is 0.0411. The Morgan fingerprint density at radius 3 is 2.32 bits per heavy atom. The Kier molecular flexibility index (Phi) is 7.88. The Bertz CT molecular complexity index is 702. The minimum Gasteiger partial charge on any atom is -0.379 e. The van der Waals surface area contributed by atoms with Gasteiger partial charge in [0.2, 0.25) is 0 Å². The van der Waals surface area contributed by atoms with E-state index in [1.54, 1.807) is 0 Å².